The summed E-state index contributed by atoms with van der Waals surface area (Å²) < 4.78 is 5.31. The summed E-state index contributed by atoms with van der Waals surface area (Å²) in [7, 11) is 0. The second kappa shape index (κ2) is 6.20. The van der Waals surface area contributed by atoms with E-state index in [2.05, 4.69) is 25.6 Å². The van der Waals surface area contributed by atoms with E-state index in [1.807, 2.05) is 48.5 Å². The largest absolute Gasteiger partial charge is 0.312 e. The lowest BCUT2D eigenvalue weighted by Crippen LogP contribution is -2.10. The predicted octanol–water partition coefficient (Wildman–Crippen LogP) is 4.82. The predicted molar refractivity (Wildman–Crippen MR) is 89.6 cm³/mol. The van der Waals surface area contributed by atoms with Crippen LogP contribution in [-0.4, -0.2) is 10.3 Å². The van der Waals surface area contributed by atoms with Crippen molar-refractivity contribution in [2.45, 2.75) is 0 Å². The molecule has 1 N–H and O–H groups in total. The number of hydrogen-bond donors (Lipinski definition) is 1. The Hall–Kier alpha value is -1.98. The SMILES string of the molecule is O=C(Nc1cc(-c2ccccc2)ns1)c1ccc(Br)cc1. The van der Waals surface area contributed by atoms with Gasteiger partial charge in [0.1, 0.15) is 5.00 Å². The van der Waals surface area contributed by atoms with Crippen LogP contribution < -0.4 is 5.32 Å². The van der Waals surface area contributed by atoms with Crippen molar-refractivity contribution in [3.63, 3.8) is 0 Å². The number of rotatable bonds is 3. The Balaban J connectivity index is 1.75. The second-order valence-electron chi connectivity index (χ2n) is 4.40. The maximum Gasteiger partial charge on any atom is 0.256 e. The quantitative estimate of drug-likeness (QED) is 0.728. The van der Waals surface area contributed by atoms with Crippen LogP contribution in [0.5, 0.6) is 0 Å². The summed E-state index contributed by atoms with van der Waals surface area (Å²) >= 11 is 4.63. The molecule has 0 saturated carbocycles. The Morgan fingerprint density at radius 3 is 2.48 bits per heavy atom. The van der Waals surface area contributed by atoms with Crippen LogP contribution in [0.4, 0.5) is 5.00 Å². The van der Waals surface area contributed by atoms with Gasteiger partial charge in [-0.05, 0) is 35.8 Å². The normalized spacial score (nSPS) is 10.3. The Kier molecular flexibility index (Phi) is 4.13. The highest BCUT2D eigenvalue weighted by molar-refractivity contribution is 9.10. The summed E-state index contributed by atoms with van der Waals surface area (Å²) in [5, 5.41) is 3.61. The number of anilines is 1. The van der Waals surface area contributed by atoms with Crippen LogP contribution in [0.15, 0.2) is 65.1 Å². The second-order valence-corrected chi connectivity index (χ2v) is 6.12. The number of nitrogens with one attached hydrogen (secondary N) is 1. The van der Waals surface area contributed by atoms with Crippen LogP contribution in [-0.2, 0) is 0 Å². The monoisotopic (exact) mass is 358 g/mol. The summed E-state index contributed by atoms with van der Waals surface area (Å²) in [5.41, 5.74) is 2.53. The molecule has 0 unspecified atom stereocenters. The number of halogens is 1. The van der Waals surface area contributed by atoms with E-state index in [4.69, 9.17) is 0 Å². The Morgan fingerprint density at radius 2 is 1.76 bits per heavy atom. The number of carbonyl (C=O) groups excluding carboxylic acids is 1. The fraction of sp³-hybridized carbons (Fsp3) is 0. The molecule has 0 spiro atoms. The molecule has 1 amide bonds. The molecule has 0 fully saturated rings. The van der Waals surface area contributed by atoms with E-state index in [0.29, 0.717) is 5.56 Å². The molecular formula is C16H11BrN2OS. The standard InChI is InChI=1S/C16H11BrN2OS/c17-13-8-6-12(7-9-13)16(20)18-15-10-14(19-21-15)11-4-2-1-3-5-11/h1-10H,(H,18,20). The fourth-order valence-electron chi connectivity index (χ4n) is 1.86. The molecule has 21 heavy (non-hydrogen) atoms. The van der Waals surface area contributed by atoms with Gasteiger partial charge in [-0.25, -0.2) is 0 Å². The van der Waals surface area contributed by atoms with Crippen LogP contribution in [0, 0.1) is 0 Å². The van der Waals surface area contributed by atoms with E-state index in [9.17, 15) is 4.79 Å². The van der Waals surface area contributed by atoms with Crippen LogP contribution in [0.1, 0.15) is 10.4 Å². The van der Waals surface area contributed by atoms with E-state index in [-0.39, 0.29) is 5.91 Å². The average molecular weight is 359 g/mol. The first-order valence-electron chi connectivity index (χ1n) is 6.31. The lowest BCUT2D eigenvalue weighted by molar-refractivity contribution is 0.102. The van der Waals surface area contributed by atoms with E-state index in [0.717, 1.165) is 20.7 Å². The minimum atomic E-state index is -0.134. The van der Waals surface area contributed by atoms with Gasteiger partial charge in [0.25, 0.3) is 5.91 Å². The van der Waals surface area contributed by atoms with Crippen molar-refractivity contribution >= 4 is 38.4 Å². The Bertz CT molecular complexity index is 753. The van der Waals surface area contributed by atoms with Gasteiger partial charge in [0.15, 0.2) is 0 Å². The zero-order valence-electron chi connectivity index (χ0n) is 10.9. The highest BCUT2D eigenvalue weighted by Crippen LogP contribution is 2.25. The minimum absolute atomic E-state index is 0.134. The first-order valence-corrected chi connectivity index (χ1v) is 7.88. The maximum absolute atomic E-state index is 12.1. The van der Waals surface area contributed by atoms with Crippen molar-refractivity contribution in [2.75, 3.05) is 5.32 Å². The smallest absolute Gasteiger partial charge is 0.256 e. The van der Waals surface area contributed by atoms with Crippen molar-refractivity contribution < 1.29 is 4.79 Å². The molecule has 1 heterocycles. The molecule has 1 aromatic heterocycles. The first kappa shape index (κ1) is 14.0. The lowest BCUT2D eigenvalue weighted by atomic mass is 10.1. The van der Waals surface area contributed by atoms with Crippen molar-refractivity contribution in [1.82, 2.24) is 4.37 Å². The third-order valence-corrected chi connectivity index (χ3v) is 4.16. The third-order valence-electron chi connectivity index (χ3n) is 2.92. The van der Waals surface area contributed by atoms with E-state index < -0.39 is 0 Å². The molecule has 0 aliphatic carbocycles. The number of hydrogen-bond acceptors (Lipinski definition) is 3. The molecule has 3 nitrogen and oxygen atoms in total. The topological polar surface area (TPSA) is 42.0 Å². The first-order chi connectivity index (χ1) is 10.2. The van der Waals surface area contributed by atoms with Gasteiger partial charge in [0, 0.05) is 21.7 Å². The number of nitrogens with zero attached hydrogens (tertiary/aromatic N) is 1. The molecule has 0 bridgehead atoms. The number of benzene rings is 2. The summed E-state index contributed by atoms with van der Waals surface area (Å²) in [6.07, 6.45) is 0. The van der Waals surface area contributed by atoms with Gasteiger partial charge in [0.05, 0.1) is 5.69 Å². The summed E-state index contributed by atoms with van der Waals surface area (Å²) in [5.74, 6) is -0.134. The highest BCUT2D eigenvalue weighted by atomic mass is 79.9. The molecule has 0 saturated heterocycles. The van der Waals surface area contributed by atoms with Crippen LogP contribution >= 0.6 is 27.5 Å². The molecule has 0 radical (unpaired) electrons. The van der Waals surface area contributed by atoms with Gasteiger partial charge in [-0.2, -0.15) is 4.37 Å². The molecule has 104 valence electrons. The highest BCUT2D eigenvalue weighted by Gasteiger charge is 2.09. The maximum atomic E-state index is 12.1. The lowest BCUT2D eigenvalue weighted by Gasteiger charge is -2.01. The molecule has 2 aromatic carbocycles. The number of aromatic nitrogens is 1. The minimum Gasteiger partial charge on any atom is -0.312 e. The Morgan fingerprint density at radius 1 is 1.05 bits per heavy atom. The molecule has 3 aromatic rings. The van der Waals surface area contributed by atoms with Crippen molar-refractivity contribution in [3.8, 4) is 11.3 Å². The molecule has 5 heteroatoms. The van der Waals surface area contributed by atoms with Crippen LogP contribution in [0.3, 0.4) is 0 Å². The van der Waals surface area contributed by atoms with Crippen molar-refractivity contribution in [3.05, 3.63) is 70.7 Å². The molecular weight excluding hydrogens is 348 g/mol. The van der Waals surface area contributed by atoms with Gasteiger partial charge >= 0.3 is 0 Å². The zero-order valence-corrected chi connectivity index (χ0v) is 13.3. The van der Waals surface area contributed by atoms with E-state index in [1.165, 1.54) is 11.5 Å². The molecule has 0 atom stereocenters. The third kappa shape index (κ3) is 3.37. The molecule has 0 aliphatic heterocycles. The molecule has 3 rings (SSSR count). The van der Waals surface area contributed by atoms with Gasteiger partial charge < -0.3 is 5.32 Å². The van der Waals surface area contributed by atoms with Gasteiger partial charge in [0.2, 0.25) is 0 Å². The average Bonchev–Trinajstić information content (AvgIpc) is 2.97. The fourth-order valence-corrected chi connectivity index (χ4v) is 2.79. The Labute approximate surface area is 134 Å². The van der Waals surface area contributed by atoms with Crippen molar-refractivity contribution in [2.24, 2.45) is 0 Å². The van der Waals surface area contributed by atoms with E-state index >= 15 is 0 Å². The zero-order chi connectivity index (χ0) is 14.7. The van der Waals surface area contributed by atoms with Gasteiger partial charge in [-0.15, -0.1) is 0 Å². The van der Waals surface area contributed by atoms with Crippen molar-refractivity contribution in [1.29, 1.82) is 0 Å². The van der Waals surface area contributed by atoms with Crippen LogP contribution in [0.25, 0.3) is 11.3 Å². The number of amides is 1. The molecule has 0 aliphatic rings. The van der Waals surface area contributed by atoms with Gasteiger partial charge in [-0.3, -0.25) is 4.79 Å². The summed E-state index contributed by atoms with van der Waals surface area (Å²) in [6.45, 7) is 0. The van der Waals surface area contributed by atoms with E-state index in [1.54, 1.807) is 12.1 Å². The summed E-state index contributed by atoms with van der Waals surface area (Å²) in [6, 6.07) is 19.0. The number of carbonyl (C=O) groups is 1. The van der Waals surface area contributed by atoms with Gasteiger partial charge in [-0.1, -0.05) is 46.3 Å². The summed E-state index contributed by atoms with van der Waals surface area (Å²) in [4.78, 5) is 12.1. The van der Waals surface area contributed by atoms with Crippen LogP contribution in [0.2, 0.25) is 0 Å².